The zero-order valence-electron chi connectivity index (χ0n) is 14.7. The van der Waals surface area contributed by atoms with Crippen LogP contribution in [0.15, 0.2) is 42.9 Å². The summed E-state index contributed by atoms with van der Waals surface area (Å²) in [6.45, 7) is 2.70. The lowest BCUT2D eigenvalue weighted by atomic mass is 10.2. The maximum absolute atomic E-state index is 13.0. The van der Waals surface area contributed by atoms with E-state index in [4.69, 9.17) is 0 Å². The van der Waals surface area contributed by atoms with Crippen LogP contribution in [0, 0.1) is 12.7 Å². The fourth-order valence-electron chi connectivity index (χ4n) is 3.22. The highest BCUT2D eigenvalue weighted by Crippen LogP contribution is 2.17. The topological polar surface area (TPSA) is 79.6 Å². The molecule has 1 fully saturated rings. The Morgan fingerprint density at radius 1 is 1.30 bits per heavy atom. The van der Waals surface area contributed by atoms with Gasteiger partial charge in [0.05, 0.1) is 12.2 Å². The van der Waals surface area contributed by atoms with Crippen LogP contribution in [0.25, 0.3) is 5.65 Å². The minimum absolute atomic E-state index is 0.0433. The quantitative estimate of drug-likeness (QED) is 0.761. The second-order valence-corrected chi connectivity index (χ2v) is 6.73. The van der Waals surface area contributed by atoms with Gasteiger partial charge in [-0.25, -0.2) is 13.9 Å². The van der Waals surface area contributed by atoms with Gasteiger partial charge in [-0.3, -0.25) is 9.59 Å². The summed E-state index contributed by atoms with van der Waals surface area (Å²) < 4.78 is 14.6. The molecule has 4 rings (SSSR count). The summed E-state index contributed by atoms with van der Waals surface area (Å²) in [5.74, 6) is -0.658. The number of nitrogens with one attached hydrogen (secondary N) is 1. The monoisotopic (exact) mass is 367 g/mol. The fraction of sp³-hybridized carbons (Fsp3) is 0.263. The van der Waals surface area contributed by atoms with Crippen LogP contribution >= 0.6 is 0 Å². The summed E-state index contributed by atoms with van der Waals surface area (Å²) in [6, 6.07) is 5.76. The highest BCUT2D eigenvalue weighted by atomic mass is 19.1. The predicted octanol–water partition coefficient (Wildman–Crippen LogP) is 1.71. The standard InChI is InChI=1S/C19H18FN5O2/c1-12-7-21-18-16(8-22-25(18)9-12)19(27)23-15-6-17(26)24(11-15)10-13-2-4-14(20)5-3-13/h2-5,7-9,15H,6,10-11H2,1H3,(H,23,27). The second-order valence-electron chi connectivity index (χ2n) is 6.73. The number of rotatable bonds is 4. The Balaban J connectivity index is 1.43. The van der Waals surface area contributed by atoms with E-state index in [2.05, 4.69) is 15.4 Å². The number of nitrogens with zero attached hydrogens (tertiary/aromatic N) is 4. The molecule has 0 bridgehead atoms. The smallest absolute Gasteiger partial charge is 0.257 e. The zero-order chi connectivity index (χ0) is 19.0. The molecule has 0 spiro atoms. The van der Waals surface area contributed by atoms with Crippen LogP contribution in [-0.2, 0) is 11.3 Å². The Labute approximate surface area is 154 Å². The van der Waals surface area contributed by atoms with Gasteiger partial charge >= 0.3 is 0 Å². The van der Waals surface area contributed by atoms with E-state index in [0.717, 1.165) is 11.1 Å². The highest BCUT2D eigenvalue weighted by molar-refractivity contribution is 6.00. The van der Waals surface area contributed by atoms with Crippen LogP contribution in [0.4, 0.5) is 4.39 Å². The van der Waals surface area contributed by atoms with Gasteiger partial charge in [-0.05, 0) is 30.2 Å². The summed E-state index contributed by atoms with van der Waals surface area (Å²) >= 11 is 0. The molecular weight excluding hydrogens is 349 g/mol. The molecule has 8 heteroatoms. The number of halogens is 1. The molecule has 0 radical (unpaired) electrons. The van der Waals surface area contributed by atoms with Gasteiger partial charge < -0.3 is 10.2 Å². The zero-order valence-corrected chi connectivity index (χ0v) is 14.7. The van der Waals surface area contributed by atoms with Gasteiger partial charge in [0.1, 0.15) is 11.4 Å². The minimum Gasteiger partial charge on any atom is -0.347 e. The molecule has 2 aromatic heterocycles. The van der Waals surface area contributed by atoms with Crippen LogP contribution < -0.4 is 5.32 Å². The average molecular weight is 367 g/mol. The summed E-state index contributed by atoms with van der Waals surface area (Å²) in [7, 11) is 0. The minimum atomic E-state index is -0.311. The second kappa shape index (κ2) is 6.79. The number of likely N-dealkylation sites (tertiary alicyclic amines) is 1. The van der Waals surface area contributed by atoms with Gasteiger partial charge in [0, 0.05) is 31.9 Å². The molecule has 3 heterocycles. The van der Waals surface area contributed by atoms with Crippen molar-refractivity contribution >= 4 is 17.5 Å². The van der Waals surface area contributed by atoms with Crippen molar-refractivity contribution in [2.45, 2.75) is 25.9 Å². The van der Waals surface area contributed by atoms with Gasteiger partial charge in [0.25, 0.3) is 5.91 Å². The van der Waals surface area contributed by atoms with Crippen molar-refractivity contribution in [1.29, 1.82) is 0 Å². The van der Waals surface area contributed by atoms with Crippen LogP contribution in [0.2, 0.25) is 0 Å². The van der Waals surface area contributed by atoms with E-state index in [1.54, 1.807) is 33.9 Å². The molecule has 2 amide bonds. The lowest BCUT2D eigenvalue weighted by molar-refractivity contribution is -0.128. The fourth-order valence-corrected chi connectivity index (χ4v) is 3.22. The maximum Gasteiger partial charge on any atom is 0.257 e. The lowest BCUT2D eigenvalue weighted by Crippen LogP contribution is -2.37. The van der Waals surface area contributed by atoms with Crippen molar-refractivity contribution in [3.63, 3.8) is 0 Å². The molecule has 7 nitrogen and oxygen atoms in total. The Morgan fingerprint density at radius 3 is 2.85 bits per heavy atom. The molecule has 1 aliphatic rings. The van der Waals surface area contributed by atoms with Crippen molar-refractivity contribution in [3.05, 3.63) is 65.4 Å². The van der Waals surface area contributed by atoms with Crippen molar-refractivity contribution in [1.82, 2.24) is 24.8 Å². The van der Waals surface area contributed by atoms with E-state index in [9.17, 15) is 14.0 Å². The first-order valence-corrected chi connectivity index (χ1v) is 8.62. The first-order chi connectivity index (χ1) is 13.0. The molecule has 1 aliphatic heterocycles. The number of carbonyl (C=O) groups is 2. The Kier molecular flexibility index (Phi) is 4.31. The first kappa shape index (κ1) is 17.1. The molecule has 138 valence electrons. The van der Waals surface area contributed by atoms with Crippen molar-refractivity contribution in [3.8, 4) is 0 Å². The summed E-state index contributed by atoms with van der Waals surface area (Å²) in [6.07, 6.45) is 5.18. The third kappa shape index (κ3) is 3.51. The SMILES string of the molecule is Cc1cnc2c(C(=O)NC3CC(=O)N(Cc4ccc(F)cc4)C3)cnn2c1. The molecular formula is C19H18FN5O2. The number of hydrogen-bond donors (Lipinski definition) is 1. The average Bonchev–Trinajstić information content (AvgIpc) is 3.20. The van der Waals surface area contributed by atoms with E-state index >= 15 is 0 Å². The van der Waals surface area contributed by atoms with Gasteiger partial charge in [0.15, 0.2) is 5.65 Å². The van der Waals surface area contributed by atoms with Crippen LogP contribution in [0.3, 0.4) is 0 Å². The molecule has 27 heavy (non-hydrogen) atoms. The number of hydrogen-bond acceptors (Lipinski definition) is 4. The Hall–Kier alpha value is -3.29. The molecule has 0 aliphatic carbocycles. The van der Waals surface area contributed by atoms with Crippen molar-refractivity contribution < 1.29 is 14.0 Å². The van der Waals surface area contributed by atoms with E-state index in [1.807, 2.05) is 6.92 Å². The normalized spacial score (nSPS) is 16.9. The Morgan fingerprint density at radius 2 is 2.07 bits per heavy atom. The van der Waals surface area contributed by atoms with Crippen LogP contribution in [0.5, 0.6) is 0 Å². The molecule has 1 saturated heterocycles. The van der Waals surface area contributed by atoms with Crippen molar-refractivity contribution in [2.75, 3.05) is 6.54 Å². The number of aromatic nitrogens is 3. The third-order valence-corrected chi connectivity index (χ3v) is 4.57. The van der Waals surface area contributed by atoms with Crippen LogP contribution in [-0.4, -0.2) is 43.9 Å². The summed E-state index contributed by atoms with van der Waals surface area (Å²) in [5.41, 5.74) is 2.64. The molecule has 1 aromatic carbocycles. The van der Waals surface area contributed by atoms with Crippen molar-refractivity contribution in [2.24, 2.45) is 0 Å². The third-order valence-electron chi connectivity index (χ3n) is 4.57. The number of amides is 2. The van der Waals surface area contributed by atoms with E-state index in [0.29, 0.717) is 24.3 Å². The number of carbonyl (C=O) groups excluding carboxylic acids is 2. The molecule has 0 saturated carbocycles. The predicted molar refractivity (Wildman–Crippen MR) is 95.4 cm³/mol. The van der Waals surface area contributed by atoms with E-state index in [-0.39, 0.29) is 30.1 Å². The number of fused-ring (bicyclic) bond motifs is 1. The molecule has 3 aromatic rings. The van der Waals surface area contributed by atoms with E-state index < -0.39 is 0 Å². The maximum atomic E-state index is 13.0. The summed E-state index contributed by atoms with van der Waals surface area (Å²) in [4.78, 5) is 30.8. The highest BCUT2D eigenvalue weighted by Gasteiger charge is 2.31. The number of aryl methyl sites for hydroxylation is 1. The molecule has 1 N–H and O–H groups in total. The molecule has 1 atom stereocenters. The van der Waals surface area contributed by atoms with E-state index in [1.165, 1.54) is 18.3 Å². The Bertz CT molecular complexity index is 1010. The van der Waals surface area contributed by atoms with Gasteiger partial charge in [-0.15, -0.1) is 0 Å². The van der Waals surface area contributed by atoms with Crippen LogP contribution in [0.1, 0.15) is 27.9 Å². The first-order valence-electron chi connectivity index (χ1n) is 8.62. The van der Waals surface area contributed by atoms with Gasteiger partial charge in [0.2, 0.25) is 5.91 Å². The van der Waals surface area contributed by atoms with Gasteiger partial charge in [-0.2, -0.15) is 5.10 Å². The van der Waals surface area contributed by atoms with Gasteiger partial charge in [-0.1, -0.05) is 12.1 Å². The molecule has 1 unspecified atom stereocenters. The lowest BCUT2D eigenvalue weighted by Gasteiger charge is -2.17. The number of benzene rings is 1. The largest absolute Gasteiger partial charge is 0.347 e. The summed E-state index contributed by atoms with van der Waals surface area (Å²) in [5, 5.41) is 7.04.